The third kappa shape index (κ3) is 3.19. The highest BCUT2D eigenvalue weighted by Gasteiger charge is 2.21. The lowest BCUT2D eigenvalue weighted by molar-refractivity contribution is 0.102. The Morgan fingerprint density at radius 3 is 2.58 bits per heavy atom. The summed E-state index contributed by atoms with van der Waals surface area (Å²) in [7, 11) is 0. The number of carbonyl (C=O) groups excluding carboxylic acids is 1. The molecule has 126 valence electrons. The number of anilines is 1. The minimum atomic E-state index is -0.781. The Morgan fingerprint density at radius 1 is 1.25 bits per heavy atom. The van der Waals surface area contributed by atoms with E-state index in [9.17, 15) is 14.3 Å². The highest BCUT2D eigenvalue weighted by Crippen LogP contribution is 2.39. The number of nitrogens with one attached hydrogen (secondary N) is 1. The summed E-state index contributed by atoms with van der Waals surface area (Å²) >= 11 is 0. The van der Waals surface area contributed by atoms with Gasteiger partial charge in [0.1, 0.15) is 19.0 Å². The molecule has 0 bridgehead atoms. The summed E-state index contributed by atoms with van der Waals surface area (Å²) in [4.78, 5) is 12.4. The molecular weight excluding hydrogens is 313 g/mol. The van der Waals surface area contributed by atoms with Crippen LogP contribution in [0.15, 0.2) is 36.4 Å². The number of hydrogen-bond donors (Lipinski definition) is 2. The molecule has 0 saturated heterocycles. The molecule has 2 aromatic rings. The van der Waals surface area contributed by atoms with E-state index in [1.54, 1.807) is 18.2 Å². The molecule has 0 aliphatic carbocycles. The molecule has 1 aliphatic heterocycles. The number of benzene rings is 2. The summed E-state index contributed by atoms with van der Waals surface area (Å²) in [5, 5.41) is 12.9. The van der Waals surface area contributed by atoms with Crippen molar-refractivity contribution in [3.05, 3.63) is 53.3 Å². The normalized spacial score (nSPS) is 14.1. The number of fused-ring (bicyclic) bond motifs is 1. The molecule has 3 rings (SSSR count). The molecule has 1 aliphatic rings. The Labute approximate surface area is 139 Å². The Balaban J connectivity index is 1.96. The Morgan fingerprint density at radius 2 is 1.92 bits per heavy atom. The van der Waals surface area contributed by atoms with Crippen LogP contribution in [0.25, 0.3) is 0 Å². The van der Waals surface area contributed by atoms with Gasteiger partial charge in [-0.3, -0.25) is 4.79 Å². The summed E-state index contributed by atoms with van der Waals surface area (Å²) in [5.74, 6) is -0.191. The van der Waals surface area contributed by atoms with Gasteiger partial charge in [-0.05, 0) is 24.6 Å². The first-order chi connectivity index (χ1) is 11.6. The molecule has 2 N–H and O–H groups in total. The highest BCUT2D eigenvalue weighted by atomic mass is 19.1. The second kappa shape index (κ2) is 6.88. The van der Waals surface area contributed by atoms with Gasteiger partial charge in [0.25, 0.3) is 5.91 Å². The highest BCUT2D eigenvalue weighted by molar-refractivity contribution is 6.05. The third-order valence-corrected chi connectivity index (χ3v) is 3.83. The predicted molar refractivity (Wildman–Crippen MR) is 87.0 cm³/mol. The maximum absolute atomic E-state index is 13.8. The molecule has 1 amide bonds. The number of rotatable bonds is 4. The van der Waals surface area contributed by atoms with E-state index in [1.165, 1.54) is 18.2 Å². The first kappa shape index (κ1) is 16.3. The maximum atomic E-state index is 13.8. The maximum Gasteiger partial charge on any atom is 0.258 e. The van der Waals surface area contributed by atoms with Crippen LogP contribution in [0, 0.1) is 5.82 Å². The number of halogens is 1. The van der Waals surface area contributed by atoms with E-state index >= 15 is 0 Å². The molecule has 5 nitrogen and oxygen atoms in total. The van der Waals surface area contributed by atoms with Gasteiger partial charge in [0, 0.05) is 11.6 Å². The van der Waals surface area contributed by atoms with Crippen molar-refractivity contribution < 1.29 is 23.8 Å². The Kier molecular flexibility index (Phi) is 4.66. The molecular formula is C18H18FNO4. The molecule has 1 atom stereocenters. The number of carbonyl (C=O) groups is 1. The second-order valence-corrected chi connectivity index (χ2v) is 5.44. The molecule has 0 radical (unpaired) electrons. The van der Waals surface area contributed by atoms with Crippen LogP contribution >= 0.6 is 0 Å². The molecule has 1 heterocycles. The lowest BCUT2D eigenvalue weighted by Crippen LogP contribution is -2.19. The minimum absolute atomic E-state index is 0.0654. The number of amides is 1. The summed E-state index contributed by atoms with van der Waals surface area (Å²) < 4.78 is 24.8. The van der Waals surface area contributed by atoms with Gasteiger partial charge < -0.3 is 19.9 Å². The smallest absolute Gasteiger partial charge is 0.258 e. The van der Waals surface area contributed by atoms with Crippen LogP contribution in [0.2, 0.25) is 0 Å². The lowest BCUT2D eigenvalue weighted by Gasteiger charge is -2.23. The van der Waals surface area contributed by atoms with Crippen LogP contribution in [0.5, 0.6) is 11.5 Å². The van der Waals surface area contributed by atoms with E-state index in [1.807, 2.05) is 6.92 Å². The van der Waals surface area contributed by atoms with E-state index in [-0.39, 0.29) is 5.56 Å². The lowest BCUT2D eigenvalue weighted by atomic mass is 10.0. The molecule has 0 saturated carbocycles. The second-order valence-electron chi connectivity index (χ2n) is 5.44. The molecule has 0 spiro atoms. The number of ether oxygens (including phenoxy) is 2. The van der Waals surface area contributed by atoms with Gasteiger partial charge in [0.2, 0.25) is 0 Å². The van der Waals surface area contributed by atoms with Crippen molar-refractivity contribution in [1.82, 2.24) is 0 Å². The van der Waals surface area contributed by atoms with Gasteiger partial charge in [-0.2, -0.15) is 0 Å². The summed E-state index contributed by atoms with van der Waals surface area (Å²) in [6.07, 6.45) is -0.320. The van der Waals surface area contributed by atoms with Gasteiger partial charge in [0.15, 0.2) is 11.5 Å². The van der Waals surface area contributed by atoms with E-state index in [4.69, 9.17) is 9.47 Å². The monoisotopic (exact) mass is 331 g/mol. The van der Waals surface area contributed by atoms with Gasteiger partial charge >= 0.3 is 0 Å². The standard InChI is InChI=1S/C18H18FNO4/c1-2-15(21)12-9-16-17(24-8-7-23-16)10-14(12)20-18(22)11-5-3-4-6-13(11)19/h3-6,9-10,15,21H,2,7-8H2,1H3,(H,20,22)/t15-/m1/s1. The fraction of sp³-hybridized carbons (Fsp3) is 0.278. The number of aliphatic hydroxyl groups excluding tert-OH is 1. The summed E-state index contributed by atoms with van der Waals surface area (Å²) in [6, 6.07) is 8.98. The van der Waals surface area contributed by atoms with Crippen LogP contribution in [-0.2, 0) is 0 Å². The Hall–Kier alpha value is -2.60. The van der Waals surface area contributed by atoms with Crippen LogP contribution in [0.3, 0.4) is 0 Å². The quantitative estimate of drug-likeness (QED) is 0.902. The summed E-state index contributed by atoms with van der Waals surface area (Å²) in [6.45, 7) is 2.66. The van der Waals surface area contributed by atoms with Crippen molar-refractivity contribution in [2.45, 2.75) is 19.4 Å². The van der Waals surface area contributed by atoms with Gasteiger partial charge in [-0.15, -0.1) is 0 Å². The fourth-order valence-electron chi connectivity index (χ4n) is 2.54. The average molecular weight is 331 g/mol. The van der Waals surface area contributed by atoms with Crippen LogP contribution in [0.4, 0.5) is 10.1 Å². The summed E-state index contributed by atoms with van der Waals surface area (Å²) in [5.41, 5.74) is 0.817. The van der Waals surface area contributed by atoms with Crippen molar-refractivity contribution in [3.63, 3.8) is 0 Å². The van der Waals surface area contributed by atoms with E-state index in [0.717, 1.165) is 0 Å². The SMILES string of the molecule is CC[C@@H](O)c1cc2c(cc1NC(=O)c1ccccc1F)OCCO2. The van der Waals surface area contributed by atoms with Crippen molar-refractivity contribution in [1.29, 1.82) is 0 Å². The average Bonchev–Trinajstić information content (AvgIpc) is 2.60. The van der Waals surface area contributed by atoms with Crippen LogP contribution in [0.1, 0.15) is 35.4 Å². The van der Waals surface area contributed by atoms with Gasteiger partial charge in [-0.25, -0.2) is 4.39 Å². The third-order valence-electron chi connectivity index (χ3n) is 3.83. The molecule has 0 fully saturated rings. The molecule has 6 heteroatoms. The molecule has 24 heavy (non-hydrogen) atoms. The zero-order chi connectivity index (χ0) is 17.1. The van der Waals surface area contributed by atoms with Crippen LogP contribution in [-0.4, -0.2) is 24.2 Å². The van der Waals surface area contributed by atoms with E-state index < -0.39 is 17.8 Å². The van der Waals surface area contributed by atoms with Gasteiger partial charge in [-0.1, -0.05) is 19.1 Å². The van der Waals surface area contributed by atoms with Gasteiger partial charge in [0.05, 0.1) is 17.4 Å². The number of aliphatic hydroxyl groups is 1. The molecule has 0 unspecified atom stereocenters. The number of hydrogen-bond acceptors (Lipinski definition) is 4. The van der Waals surface area contributed by atoms with Crippen molar-refractivity contribution in [2.75, 3.05) is 18.5 Å². The predicted octanol–water partition coefficient (Wildman–Crippen LogP) is 3.29. The zero-order valence-corrected chi connectivity index (χ0v) is 13.2. The Bertz CT molecular complexity index is 763. The topological polar surface area (TPSA) is 67.8 Å². The molecule has 0 aromatic heterocycles. The van der Waals surface area contributed by atoms with Crippen molar-refractivity contribution in [2.24, 2.45) is 0 Å². The fourth-order valence-corrected chi connectivity index (χ4v) is 2.54. The van der Waals surface area contributed by atoms with Crippen molar-refractivity contribution >= 4 is 11.6 Å². The van der Waals surface area contributed by atoms with Crippen LogP contribution < -0.4 is 14.8 Å². The first-order valence-electron chi connectivity index (χ1n) is 7.77. The largest absolute Gasteiger partial charge is 0.486 e. The molecule has 2 aromatic carbocycles. The first-order valence-corrected chi connectivity index (χ1v) is 7.77. The van der Waals surface area contributed by atoms with E-state index in [2.05, 4.69) is 5.32 Å². The minimum Gasteiger partial charge on any atom is -0.486 e. The van der Waals surface area contributed by atoms with E-state index in [0.29, 0.717) is 42.4 Å². The van der Waals surface area contributed by atoms with Crippen molar-refractivity contribution in [3.8, 4) is 11.5 Å². The zero-order valence-electron chi connectivity index (χ0n) is 13.2.